The molecule has 2 atom stereocenters. The average molecular weight is 234 g/mol. The van der Waals surface area contributed by atoms with Crippen molar-refractivity contribution in [2.75, 3.05) is 39.3 Å². The van der Waals surface area contributed by atoms with E-state index in [9.17, 15) is 0 Å². The zero-order chi connectivity index (χ0) is 11.7. The van der Waals surface area contributed by atoms with E-state index in [2.05, 4.69) is 25.1 Å². The average Bonchev–Trinajstić information content (AvgIpc) is 2.22. The highest BCUT2D eigenvalue weighted by Gasteiger charge is 2.12. The number of thioether (sulfide) groups is 1. The molecule has 0 aromatic heterocycles. The van der Waals surface area contributed by atoms with Gasteiger partial charge in [-0.05, 0) is 38.8 Å². The fraction of sp³-hybridized carbons (Fsp3) is 1.00. The lowest BCUT2D eigenvalue weighted by molar-refractivity contribution is 0.171. The first-order chi connectivity index (χ1) is 7.11. The van der Waals surface area contributed by atoms with E-state index in [0.717, 1.165) is 19.6 Å². The summed E-state index contributed by atoms with van der Waals surface area (Å²) in [5, 5.41) is 0. The summed E-state index contributed by atoms with van der Waals surface area (Å²) in [4.78, 5) is 2.34. The molecule has 0 heterocycles. The van der Waals surface area contributed by atoms with Gasteiger partial charge in [-0.15, -0.1) is 0 Å². The van der Waals surface area contributed by atoms with E-state index >= 15 is 0 Å². The van der Waals surface area contributed by atoms with E-state index in [1.54, 1.807) is 7.11 Å². The van der Waals surface area contributed by atoms with Crippen molar-refractivity contribution in [1.82, 2.24) is 4.90 Å². The zero-order valence-electron chi connectivity index (χ0n) is 10.5. The normalized spacial score (nSPS) is 15.6. The molecule has 0 aromatic carbocycles. The Morgan fingerprint density at radius 1 is 1.40 bits per heavy atom. The van der Waals surface area contributed by atoms with Crippen molar-refractivity contribution in [2.45, 2.75) is 31.8 Å². The van der Waals surface area contributed by atoms with Crippen LogP contribution < -0.4 is 5.73 Å². The van der Waals surface area contributed by atoms with Gasteiger partial charge in [0.1, 0.15) is 0 Å². The van der Waals surface area contributed by atoms with E-state index in [4.69, 9.17) is 10.5 Å². The largest absolute Gasteiger partial charge is 0.385 e. The van der Waals surface area contributed by atoms with Gasteiger partial charge in [0.05, 0.1) is 0 Å². The number of methoxy groups -OCH3 is 1. The quantitative estimate of drug-likeness (QED) is 0.655. The van der Waals surface area contributed by atoms with Gasteiger partial charge in [0.2, 0.25) is 0 Å². The first-order valence-corrected chi connectivity index (χ1v) is 6.94. The van der Waals surface area contributed by atoms with Gasteiger partial charge in [0.25, 0.3) is 0 Å². The van der Waals surface area contributed by atoms with Crippen LogP contribution in [0.2, 0.25) is 0 Å². The van der Waals surface area contributed by atoms with Crippen LogP contribution in [-0.4, -0.2) is 56.3 Å². The minimum absolute atomic E-state index is 0.228. The van der Waals surface area contributed by atoms with Crippen molar-refractivity contribution in [3.8, 4) is 0 Å². The smallest absolute Gasteiger partial charge is 0.0477 e. The second-order valence-corrected chi connectivity index (χ2v) is 5.10. The molecule has 2 N–H and O–H groups in total. The van der Waals surface area contributed by atoms with E-state index in [0.29, 0.717) is 6.04 Å². The number of nitrogens with zero attached hydrogens (tertiary/aromatic N) is 1. The van der Waals surface area contributed by atoms with Gasteiger partial charge in [0, 0.05) is 32.3 Å². The summed E-state index contributed by atoms with van der Waals surface area (Å²) >= 11 is 1.90. The molecule has 0 aliphatic heterocycles. The van der Waals surface area contributed by atoms with E-state index in [1.807, 2.05) is 11.8 Å². The standard InChI is InChI=1S/C11H26N2OS/c1-10(6-8-15-4)13(2)9-11(12)5-7-14-3/h10-11H,5-9,12H2,1-4H3. The van der Waals surface area contributed by atoms with Crippen LogP contribution in [0.15, 0.2) is 0 Å². The molecule has 0 spiro atoms. The highest BCUT2D eigenvalue weighted by Crippen LogP contribution is 2.06. The van der Waals surface area contributed by atoms with Crippen LogP contribution in [0.3, 0.4) is 0 Å². The van der Waals surface area contributed by atoms with Gasteiger partial charge in [0.15, 0.2) is 0 Å². The van der Waals surface area contributed by atoms with Crippen molar-refractivity contribution < 1.29 is 4.74 Å². The van der Waals surface area contributed by atoms with Gasteiger partial charge >= 0.3 is 0 Å². The second-order valence-electron chi connectivity index (χ2n) is 4.11. The Kier molecular flexibility index (Phi) is 9.60. The summed E-state index contributed by atoms with van der Waals surface area (Å²) in [6.45, 7) is 3.98. The van der Waals surface area contributed by atoms with Crippen LogP contribution >= 0.6 is 11.8 Å². The first kappa shape index (κ1) is 15.2. The third-order valence-corrected chi connectivity index (χ3v) is 3.35. The van der Waals surface area contributed by atoms with Gasteiger partial charge in [-0.3, -0.25) is 0 Å². The van der Waals surface area contributed by atoms with Crippen LogP contribution in [-0.2, 0) is 4.74 Å². The molecule has 0 rings (SSSR count). The summed E-state index contributed by atoms with van der Waals surface area (Å²) in [6, 6.07) is 0.845. The molecular formula is C11H26N2OS. The number of hydrogen-bond acceptors (Lipinski definition) is 4. The Morgan fingerprint density at radius 3 is 2.60 bits per heavy atom. The molecule has 3 nitrogen and oxygen atoms in total. The molecule has 0 amide bonds. The van der Waals surface area contributed by atoms with E-state index < -0.39 is 0 Å². The maximum absolute atomic E-state index is 6.00. The van der Waals surface area contributed by atoms with Gasteiger partial charge in [-0.1, -0.05) is 0 Å². The Morgan fingerprint density at radius 2 is 2.07 bits per heavy atom. The molecule has 0 aromatic rings. The number of likely N-dealkylation sites (N-methyl/N-ethyl adjacent to an activating group) is 1. The Bertz CT molecular complexity index is 147. The van der Waals surface area contributed by atoms with Crippen molar-refractivity contribution in [1.29, 1.82) is 0 Å². The Balaban J connectivity index is 3.64. The third kappa shape index (κ3) is 8.08. The van der Waals surface area contributed by atoms with Crippen molar-refractivity contribution >= 4 is 11.8 Å². The molecule has 92 valence electrons. The maximum Gasteiger partial charge on any atom is 0.0477 e. The molecule has 0 aliphatic rings. The van der Waals surface area contributed by atoms with Crippen LogP contribution in [0.25, 0.3) is 0 Å². The van der Waals surface area contributed by atoms with Crippen molar-refractivity contribution in [3.63, 3.8) is 0 Å². The van der Waals surface area contributed by atoms with Gasteiger partial charge in [-0.25, -0.2) is 0 Å². The summed E-state index contributed by atoms with van der Waals surface area (Å²) in [5.74, 6) is 1.22. The zero-order valence-corrected chi connectivity index (χ0v) is 11.3. The van der Waals surface area contributed by atoms with Crippen LogP contribution in [0.1, 0.15) is 19.8 Å². The number of nitrogens with two attached hydrogens (primary N) is 1. The first-order valence-electron chi connectivity index (χ1n) is 5.55. The molecule has 0 saturated heterocycles. The Labute approximate surface area is 98.7 Å². The molecule has 0 saturated carbocycles. The molecule has 0 aliphatic carbocycles. The SMILES string of the molecule is COCCC(N)CN(C)C(C)CCSC. The van der Waals surface area contributed by atoms with Crippen LogP contribution in [0.5, 0.6) is 0 Å². The summed E-state index contributed by atoms with van der Waals surface area (Å²) in [5.41, 5.74) is 6.00. The van der Waals surface area contributed by atoms with Crippen LogP contribution in [0.4, 0.5) is 0 Å². The minimum atomic E-state index is 0.228. The number of hydrogen-bond donors (Lipinski definition) is 1. The lowest BCUT2D eigenvalue weighted by atomic mass is 10.1. The molecular weight excluding hydrogens is 208 g/mol. The van der Waals surface area contributed by atoms with Gasteiger partial charge in [-0.2, -0.15) is 11.8 Å². The van der Waals surface area contributed by atoms with E-state index in [1.165, 1.54) is 12.2 Å². The molecule has 0 radical (unpaired) electrons. The third-order valence-electron chi connectivity index (χ3n) is 2.71. The summed E-state index contributed by atoms with van der Waals surface area (Å²) < 4.78 is 5.02. The second kappa shape index (κ2) is 9.46. The summed E-state index contributed by atoms with van der Waals surface area (Å²) in [6.07, 6.45) is 4.32. The van der Waals surface area contributed by atoms with Crippen LogP contribution in [0, 0.1) is 0 Å². The number of ether oxygens (including phenoxy) is 1. The molecule has 0 fully saturated rings. The molecule has 2 unspecified atom stereocenters. The lowest BCUT2D eigenvalue weighted by Gasteiger charge is -2.27. The lowest BCUT2D eigenvalue weighted by Crippen LogP contribution is -2.40. The molecule has 0 bridgehead atoms. The van der Waals surface area contributed by atoms with Gasteiger partial charge < -0.3 is 15.4 Å². The number of rotatable bonds is 9. The molecule has 4 heteroatoms. The monoisotopic (exact) mass is 234 g/mol. The fourth-order valence-corrected chi connectivity index (χ4v) is 2.00. The minimum Gasteiger partial charge on any atom is -0.385 e. The highest BCUT2D eigenvalue weighted by molar-refractivity contribution is 7.98. The summed E-state index contributed by atoms with van der Waals surface area (Å²) in [7, 11) is 3.87. The Hall–Kier alpha value is 0.230. The predicted octanol–water partition coefficient (Wildman–Crippen LogP) is 1.42. The van der Waals surface area contributed by atoms with Crippen molar-refractivity contribution in [3.05, 3.63) is 0 Å². The topological polar surface area (TPSA) is 38.5 Å². The predicted molar refractivity (Wildman–Crippen MR) is 69.6 cm³/mol. The van der Waals surface area contributed by atoms with E-state index in [-0.39, 0.29) is 6.04 Å². The van der Waals surface area contributed by atoms with Crippen molar-refractivity contribution in [2.24, 2.45) is 5.73 Å². The highest BCUT2D eigenvalue weighted by atomic mass is 32.2. The maximum atomic E-state index is 6.00. The fourth-order valence-electron chi connectivity index (χ4n) is 1.42. The molecule has 15 heavy (non-hydrogen) atoms.